The summed E-state index contributed by atoms with van der Waals surface area (Å²) in [6, 6.07) is 7.87. The Balaban J connectivity index is 1.91. The molecule has 0 aliphatic carbocycles. The summed E-state index contributed by atoms with van der Waals surface area (Å²) in [5.74, 6) is 0. The monoisotopic (exact) mass is 282 g/mol. The summed E-state index contributed by atoms with van der Waals surface area (Å²) in [5.41, 5.74) is 7.47. The predicted octanol–water partition coefficient (Wildman–Crippen LogP) is 2.84. The second-order valence-corrected chi connectivity index (χ2v) is 6.24. The second-order valence-electron chi connectivity index (χ2n) is 5.80. The number of benzene rings is 1. The number of nitrogens with two attached hydrogens (primary N) is 1. The maximum absolute atomic E-state index is 6.25. The van der Waals surface area contributed by atoms with Gasteiger partial charge in [-0.05, 0) is 38.0 Å². The maximum atomic E-state index is 6.25. The van der Waals surface area contributed by atoms with E-state index in [9.17, 15) is 0 Å². The summed E-state index contributed by atoms with van der Waals surface area (Å²) in [7, 11) is 0. The molecule has 0 radical (unpaired) electrons. The van der Waals surface area contributed by atoms with Gasteiger partial charge in [0.2, 0.25) is 0 Å². The molecule has 1 aromatic carbocycles. The van der Waals surface area contributed by atoms with Crippen molar-refractivity contribution in [1.82, 2.24) is 4.90 Å². The molecule has 106 valence electrons. The van der Waals surface area contributed by atoms with Gasteiger partial charge < -0.3 is 10.5 Å². The zero-order valence-electron chi connectivity index (χ0n) is 11.7. The molecule has 0 aromatic heterocycles. The van der Waals surface area contributed by atoms with Crippen LogP contribution in [0, 0.1) is 0 Å². The standard InChI is InChI=1S/C15H23ClN2O/c1-15(2)11-19-9-8-18(15)7-6-14(17)12-4-3-5-13(16)10-12/h3-5,10,14H,6-9,11,17H2,1-2H3. The van der Waals surface area contributed by atoms with Gasteiger partial charge in [-0.15, -0.1) is 0 Å². The van der Waals surface area contributed by atoms with Crippen molar-refractivity contribution in [2.24, 2.45) is 5.73 Å². The molecule has 1 fully saturated rings. The Morgan fingerprint density at radius 3 is 2.95 bits per heavy atom. The summed E-state index contributed by atoms with van der Waals surface area (Å²) >= 11 is 6.00. The molecule has 1 atom stereocenters. The topological polar surface area (TPSA) is 38.5 Å². The van der Waals surface area contributed by atoms with Crippen molar-refractivity contribution < 1.29 is 4.74 Å². The van der Waals surface area contributed by atoms with Crippen molar-refractivity contribution in [3.63, 3.8) is 0 Å². The van der Waals surface area contributed by atoms with E-state index in [1.54, 1.807) is 0 Å². The minimum Gasteiger partial charge on any atom is -0.378 e. The van der Waals surface area contributed by atoms with Crippen LogP contribution in [-0.4, -0.2) is 36.7 Å². The highest BCUT2D eigenvalue weighted by atomic mass is 35.5. The SMILES string of the molecule is CC1(C)COCCN1CCC(N)c1cccc(Cl)c1. The Kier molecular flexibility index (Phi) is 4.85. The van der Waals surface area contributed by atoms with Gasteiger partial charge >= 0.3 is 0 Å². The maximum Gasteiger partial charge on any atom is 0.0645 e. The fraction of sp³-hybridized carbons (Fsp3) is 0.600. The average molecular weight is 283 g/mol. The van der Waals surface area contributed by atoms with Crippen molar-refractivity contribution in [2.45, 2.75) is 31.8 Å². The van der Waals surface area contributed by atoms with E-state index in [4.69, 9.17) is 22.1 Å². The lowest BCUT2D eigenvalue weighted by molar-refractivity contribution is -0.0517. The van der Waals surface area contributed by atoms with Gasteiger partial charge in [-0.1, -0.05) is 23.7 Å². The van der Waals surface area contributed by atoms with Crippen molar-refractivity contribution in [1.29, 1.82) is 0 Å². The Hall–Kier alpha value is -0.610. The van der Waals surface area contributed by atoms with Crippen molar-refractivity contribution >= 4 is 11.6 Å². The zero-order valence-corrected chi connectivity index (χ0v) is 12.5. The van der Waals surface area contributed by atoms with Crippen LogP contribution in [0.5, 0.6) is 0 Å². The first-order valence-electron chi connectivity index (χ1n) is 6.83. The second kappa shape index (κ2) is 6.23. The minimum absolute atomic E-state index is 0.0392. The van der Waals surface area contributed by atoms with E-state index in [0.717, 1.165) is 43.3 Å². The van der Waals surface area contributed by atoms with Crippen LogP contribution in [0.4, 0.5) is 0 Å². The van der Waals surface area contributed by atoms with Gasteiger partial charge in [0.1, 0.15) is 0 Å². The molecule has 4 heteroatoms. The highest BCUT2D eigenvalue weighted by Gasteiger charge is 2.30. The summed E-state index contributed by atoms with van der Waals surface area (Å²) in [5, 5.41) is 0.750. The van der Waals surface area contributed by atoms with Crippen LogP contribution in [0.15, 0.2) is 24.3 Å². The lowest BCUT2D eigenvalue weighted by atomic mass is 9.99. The largest absolute Gasteiger partial charge is 0.378 e. The number of hydrogen-bond acceptors (Lipinski definition) is 3. The van der Waals surface area contributed by atoms with Gasteiger partial charge in [0.15, 0.2) is 0 Å². The third-order valence-corrected chi connectivity index (χ3v) is 4.04. The summed E-state index contributed by atoms with van der Waals surface area (Å²) in [6.45, 7) is 8.02. The van der Waals surface area contributed by atoms with Crippen molar-refractivity contribution in [3.8, 4) is 0 Å². The highest BCUT2D eigenvalue weighted by molar-refractivity contribution is 6.30. The molecule has 3 nitrogen and oxygen atoms in total. The first kappa shape index (κ1) is 14.8. The number of rotatable bonds is 4. The summed E-state index contributed by atoms with van der Waals surface area (Å²) < 4.78 is 5.53. The third-order valence-electron chi connectivity index (χ3n) is 3.80. The van der Waals surface area contributed by atoms with E-state index in [-0.39, 0.29) is 11.6 Å². The van der Waals surface area contributed by atoms with Crippen LogP contribution in [0.1, 0.15) is 31.9 Å². The molecule has 2 rings (SSSR count). The number of ether oxygens (including phenoxy) is 1. The molecule has 0 bridgehead atoms. The molecular formula is C15H23ClN2O. The van der Waals surface area contributed by atoms with Crippen LogP contribution in [-0.2, 0) is 4.74 Å². The fourth-order valence-electron chi connectivity index (χ4n) is 2.50. The van der Waals surface area contributed by atoms with Crippen LogP contribution in [0.2, 0.25) is 5.02 Å². The molecule has 0 saturated carbocycles. The molecule has 1 saturated heterocycles. The first-order chi connectivity index (χ1) is 8.99. The minimum atomic E-state index is 0.0392. The number of hydrogen-bond donors (Lipinski definition) is 1. The Morgan fingerprint density at radius 2 is 2.26 bits per heavy atom. The lowest BCUT2D eigenvalue weighted by Gasteiger charge is -2.42. The third kappa shape index (κ3) is 3.93. The Morgan fingerprint density at radius 1 is 1.47 bits per heavy atom. The van der Waals surface area contributed by atoms with E-state index in [2.05, 4.69) is 18.7 Å². The molecule has 19 heavy (non-hydrogen) atoms. The Labute approximate surface area is 120 Å². The first-order valence-corrected chi connectivity index (χ1v) is 7.21. The van der Waals surface area contributed by atoms with Gasteiger partial charge in [0, 0.05) is 29.7 Å². The van der Waals surface area contributed by atoms with Gasteiger partial charge in [0.05, 0.1) is 13.2 Å². The lowest BCUT2D eigenvalue weighted by Crippen LogP contribution is -2.53. The number of morpholine rings is 1. The van der Waals surface area contributed by atoms with Gasteiger partial charge in [-0.3, -0.25) is 4.90 Å². The molecule has 1 aromatic rings. The molecule has 2 N–H and O–H groups in total. The Bertz CT molecular complexity index is 422. The summed E-state index contributed by atoms with van der Waals surface area (Å²) in [6.07, 6.45) is 0.934. The van der Waals surface area contributed by atoms with E-state index >= 15 is 0 Å². The van der Waals surface area contributed by atoms with E-state index < -0.39 is 0 Å². The molecule has 1 aliphatic rings. The van der Waals surface area contributed by atoms with Gasteiger partial charge in [-0.2, -0.15) is 0 Å². The smallest absolute Gasteiger partial charge is 0.0645 e. The summed E-state index contributed by atoms with van der Waals surface area (Å²) in [4.78, 5) is 2.46. The van der Waals surface area contributed by atoms with Crippen molar-refractivity contribution in [2.75, 3.05) is 26.3 Å². The number of nitrogens with zero attached hydrogens (tertiary/aromatic N) is 1. The average Bonchev–Trinajstić information content (AvgIpc) is 2.36. The molecule has 0 spiro atoms. The van der Waals surface area contributed by atoms with Crippen LogP contribution >= 0.6 is 11.6 Å². The van der Waals surface area contributed by atoms with Gasteiger partial charge in [-0.25, -0.2) is 0 Å². The molecular weight excluding hydrogens is 260 g/mol. The highest BCUT2D eigenvalue weighted by Crippen LogP contribution is 2.23. The van der Waals surface area contributed by atoms with E-state index in [1.165, 1.54) is 0 Å². The molecule has 1 aliphatic heterocycles. The fourth-order valence-corrected chi connectivity index (χ4v) is 2.70. The molecule has 1 heterocycles. The van der Waals surface area contributed by atoms with E-state index in [1.807, 2.05) is 24.3 Å². The number of halogens is 1. The predicted molar refractivity (Wildman–Crippen MR) is 79.5 cm³/mol. The van der Waals surface area contributed by atoms with Crippen LogP contribution in [0.25, 0.3) is 0 Å². The van der Waals surface area contributed by atoms with Crippen LogP contribution < -0.4 is 5.73 Å². The molecule has 1 unspecified atom stereocenters. The quantitative estimate of drug-likeness (QED) is 0.923. The van der Waals surface area contributed by atoms with Crippen LogP contribution in [0.3, 0.4) is 0 Å². The van der Waals surface area contributed by atoms with Crippen molar-refractivity contribution in [3.05, 3.63) is 34.9 Å². The molecule has 0 amide bonds. The van der Waals surface area contributed by atoms with E-state index in [0.29, 0.717) is 0 Å². The zero-order chi connectivity index (χ0) is 13.9. The normalized spacial score (nSPS) is 21.3. The van der Waals surface area contributed by atoms with Gasteiger partial charge in [0.25, 0.3) is 0 Å².